The van der Waals surface area contributed by atoms with Gasteiger partial charge in [0.05, 0.1) is 0 Å². The number of carbonyl (C=O) groups excluding carboxylic acids is 2. The number of ether oxygens (including phenoxy) is 1. The second kappa shape index (κ2) is 9.08. The zero-order chi connectivity index (χ0) is 19.8. The molecule has 0 radical (unpaired) electrons. The number of aromatic nitrogens is 3. The van der Waals surface area contributed by atoms with Crippen LogP contribution in [0.15, 0.2) is 60.7 Å². The minimum Gasteiger partial charge on any atom is -0.456 e. The molecule has 142 valence electrons. The zero-order valence-electron chi connectivity index (χ0n) is 14.8. The Bertz CT molecular complexity index is 950. The van der Waals surface area contributed by atoms with Crippen LogP contribution in [0.3, 0.4) is 0 Å². The standard InChI is InChI=1S/C19H18N6O3/c20-18-23-15(24-19(25-18)22-14-9-5-2-6-10-14)12-28-16(26)11-21-17(27)13-7-3-1-4-8-13/h1-10H,11-12H2,(H,21,27)(H3,20,22,23,24,25). The number of hydrogen-bond donors (Lipinski definition) is 3. The van der Waals surface area contributed by atoms with Crippen molar-refractivity contribution in [3.8, 4) is 0 Å². The lowest BCUT2D eigenvalue weighted by Gasteiger charge is -2.08. The van der Waals surface area contributed by atoms with Crippen molar-refractivity contribution in [2.75, 3.05) is 17.6 Å². The number of hydrogen-bond acceptors (Lipinski definition) is 8. The van der Waals surface area contributed by atoms with Crippen molar-refractivity contribution in [2.24, 2.45) is 0 Å². The lowest BCUT2D eigenvalue weighted by atomic mass is 10.2. The average molecular weight is 378 g/mol. The van der Waals surface area contributed by atoms with Crippen molar-refractivity contribution in [2.45, 2.75) is 6.61 Å². The molecule has 28 heavy (non-hydrogen) atoms. The van der Waals surface area contributed by atoms with Gasteiger partial charge in [-0.2, -0.15) is 15.0 Å². The highest BCUT2D eigenvalue weighted by Crippen LogP contribution is 2.12. The maximum absolute atomic E-state index is 11.9. The number of amides is 1. The van der Waals surface area contributed by atoms with Crippen LogP contribution in [0.4, 0.5) is 17.6 Å². The maximum atomic E-state index is 11.9. The Hall–Kier alpha value is -4.01. The zero-order valence-corrected chi connectivity index (χ0v) is 14.8. The van der Waals surface area contributed by atoms with Crippen molar-refractivity contribution in [1.29, 1.82) is 0 Å². The first-order chi connectivity index (χ1) is 13.6. The first-order valence-electron chi connectivity index (χ1n) is 8.41. The lowest BCUT2D eigenvalue weighted by Crippen LogP contribution is -2.30. The van der Waals surface area contributed by atoms with Gasteiger partial charge in [-0.25, -0.2) is 0 Å². The van der Waals surface area contributed by atoms with E-state index in [0.717, 1.165) is 5.69 Å². The van der Waals surface area contributed by atoms with Crippen molar-refractivity contribution < 1.29 is 14.3 Å². The van der Waals surface area contributed by atoms with Gasteiger partial charge >= 0.3 is 5.97 Å². The number of para-hydroxylation sites is 1. The smallest absolute Gasteiger partial charge is 0.325 e. The molecule has 9 nitrogen and oxygen atoms in total. The van der Waals surface area contributed by atoms with E-state index in [1.54, 1.807) is 30.3 Å². The maximum Gasteiger partial charge on any atom is 0.325 e. The summed E-state index contributed by atoms with van der Waals surface area (Å²) in [5.41, 5.74) is 6.92. The highest BCUT2D eigenvalue weighted by Gasteiger charge is 2.11. The summed E-state index contributed by atoms with van der Waals surface area (Å²) in [4.78, 5) is 35.9. The van der Waals surface area contributed by atoms with E-state index in [4.69, 9.17) is 10.5 Å². The molecule has 0 fully saturated rings. The van der Waals surface area contributed by atoms with Crippen molar-refractivity contribution in [3.05, 3.63) is 72.1 Å². The topological polar surface area (TPSA) is 132 Å². The molecule has 0 aliphatic rings. The van der Waals surface area contributed by atoms with E-state index in [1.807, 2.05) is 30.3 Å². The predicted molar refractivity (Wildman–Crippen MR) is 103 cm³/mol. The normalized spacial score (nSPS) is 10.1. The van der Waals surface area contributed by atoms with E-state index >= 15 is 0 Å². The van der Waals surface area contributed by atoms with E-state index in [1.165, 1.54) is 0 Å². The summed E-state index contributed by atoms with van der Waals surface area (Å²) in [5, 5.41) is 5.48. The van der Waals surface area contributed by atoms with Gasteiger partial charge in [-0.3, -0.25) is 9.59 Å². The minimum absolute atomic E-state index is 0.00291. The number of nitrogens with one attached hydrogen (secondary N) is 2. The Morgan fingerprint density at radius 1 is 0.929 bits per heavy atom. The van der Waals surface area contributed by atoms with Crippen LogP contribution in [0.1, 0.15) is 16.2 Å². The third-order valence-electron chi connectivity index (χ3n) is 3.52. The summed E-state index contributed by atoms with van der Waals surface area (Å²) >= 11 is 0. The molecule has 3 rings (SSSR count). The Balaban J connectivity index is 1.52. The molecule has 9 heteroatoms. The van der Waals surface area contributed by atoms with Crippen LogP contribution in [-0.2, 0) is 16.1 Å². The molecule has 0 spiro atoms. The molecule has 1 heterocycles. The average Bonchev–Trinajstić information content (AvgIpc) is 2.71. The third-order valence-corrected chi connectivity index (χ3v) is 3.52. The number of esters is 1. The van der Waals surface area contributed by atoms with Crippen LogP contribution in [0.25, 0.3) is 0 Å². The Kier molecular flexibility index (Phi) is 6.09. The molecule has 0 atom stereocenters. The fourth-order valence-corrected chi connectivity index (χ4v) is 2.25. The van der Waals surface area contributed by atoms with E-state index in [2.05, 4.69) is 25.6 Å². The first kappa shape index (κ1) is 18.8. The van der Waals surface area contributed by atoms with Gasteiger partial charge in [0.25, 0.3) is 5.91 Å². The molecule has 2 aromatic carbocycles. The molecular formula is C19H18N6O3. The van der Waals surface area contributed by atoms with E-state index in [9.17, 15) is 9.59 Å². The molecule has 1 aromatic heterocycles. The molecule has 0 saturated heterocycles. The van der Waals surface area contributed by atoms with Gasteiger partial charge in [-0.1, -0.05) is 36.4 Å². The highest BCUT2D eigenvalue weighted by molar-refractivity contribution is 5.95. The third kappa shape index (κ3) is 5.49. The van der Waals surface area contributed by atoms with Crippen molar-refractivity contribution >= 4 is 29.5 Å². The molecule has 0 saturated carbocycles. The molecule has 0 aliphatic heterocycles. The molecule has 0 bridgehead atoms. The molecule has 4 N–H and O–H groups in total. The second-order valence-corrected chi connectivity index (χ2v) is 5.63. The molecule has 0 aliphatic carbocycles. The number of carbonyl (C=O) groups is 2. The van der Waals surface area contributed by atoms with Crippen LogP contribution in [-0.4, -0.2) is 33.4 Å². The van der Waals surface area contributed by atoms with E-state index in [-0.39, 0.29) is 36.8 Å². The number of rotatable bonds is 7. The molecule has 3 aromatic rings. The fraction of sp³-hybridized carbons (Fsp3) is 0.105. The first-order valence-corrected chi connectivity index (χ1v) is 8.41. The fourth-order valence-electron chi connectivity index (χ4n) is 2.25. The number of nitrogen functional groups attached to an aromatic ring is 1. The summed E-state index contributed by atoms with van der Waals surface area (Å²) in [6, 6.07) is 17.9. The summed E-state index contributed by atoms with van der Waals surface area (Å²) in [5.74, 6) is -0.565. The summed E-state index contributed by atoms with van der Waals surface area (Å²) in [7, 11) is 0. The van der Waals surface area contributed by atoms with Gasteiger partial charge in [0.1, 0.15) is 6.54 Å². The van der Waals surface area contributed by atoms with Crippen LogP contribution < -0.4 is 16.4 Å². The van der Waals surface area contributed by atoms with Gasteiger partial charge in [0, 0.05) is 11.3 Å². The Morgan fingerprint density at radius 3 is 2.32 bits per heavy atom. The largest absolute Gasteiger partial charge is 0.456 e. The van der Waals surface area contributed by atoms with Gasteiger partial charge in [0.2, 0.25) is 11.9 Å². The van der Waals surface area contributed by atoms with E-state index < -0.39 is 5.97 Å². The van der Waals surface area contributed by atoms with Crippen LogP contribution >= 0.6 is 0 Å². The van der Waals surface area contributed by atoms with Gasteiger partial charge in [0.15, 0.2) is 12.4 Å². The second-order valence-electron chi connectivity index (χ2n) is 5.63. The van der Waals surface area contributed by atoms with Crippen LogP contribution in [0.2, 0.25) is 0 Å². The van der Waals surface area contributed by atoms with Gasteiger partial charge in [-0.05, 0) is 24.3 Å². The number of nitrogens with zero attached hydrogens (tertiary/aromatic N) is 3. The van der Waals surface area contributed by atoms with Crippen LogP contribution in [0, 0.1) is 0 Å². The Labute approximate surface area is 161 Å². The van der Waals surface area contributed by atoms with Crippen LogP contribution in [0.5, 0.6) is 0 Å². The van der Waals surface area contributed by atoms with Crippen molar-refractivity contribution in [3.63, 3.8) is 0 Å². The summed E-state index contributed by atoms with van der Waals surface area (Å²) in [6.45, 7) is -0.473. The SMILES string of the molecule is Nc1nc(COC(=O)CNC(=O)c2ccccc2)nc(Nc2ccccc2)n1. The number of nitrogens with two attached hydrogens (primary N) is 1. The van der Waals surface area contributed by atoms with Gasteiger partial charge < -0.3 is 21.1 Å². The summed E-state index contributed by atoms with van der Waals surface area (Å²) in [6.07, 6.45) is 0. The Morgan fingerprint density at radius 2 is 1.61 bits per heavy atom. The molecular weight excluding hydrogens is 360 g/mol. The number of anilines is 3. The highest BCUT2D eigenvalue weighted by atomic mass is 16.5. The quantitative estimate of drug-likeness (QED) is 0.529. The molecule has 1 amide bonds. The molecule has 0 unspecified atom stereocenters. The number of benzene rings is 2. The van der Waals surface area contributed by atoms with Crippen molar-refractivity contribution in [1.82, 2.24) is 20.3 Å². The lowest BCUT2D eigenvalue weighted by molar-refractivity contribution is -0.143. The summed E-state index contributed by atoms with van der Waals surface area (Å²) < 4.78 is 5.08. The van der Waals surface area contributed by atoms with Gasteiger partial charge in [-0.15, -0.1) is 0 Å². The monoisotopic (exact) mass is 378 g/mol. The van der Waals surface area contributed by atoms with E-state index in [0.29, 0.717) is 5.56 Å². The predicted octanol–water partition coefficient (Wildman–Crippen LogP) is 1.67. The minimum atomic E-state index is -0.624.